The lowest BCUT2D eigenvalue weighted by Crippen LogP contribution is -2.37. The van der Waals surface area contributed by atoms with Gasteiger partial charge in [0.1, 0.15) is 11.5 Å². The molecule has 4 nitrogen and oxygen atoms in total. The van der Waals surface area contributed by atoms with Gasteiger partial charge in [0, 0.05) is 31.3 Å². The molecule has 0 bridgehead atoms. The van der Waals surface area contributed by atoms with Gasteiger partial charge in [0.15, 0.2) is 0 Å². The van der Waals surface area contributed by atoms with Crippen molar-refractivity contribution in [2.45, 2.75) is 13.1 Å². The lowest BCUT2D eigenvalue weighted by atomic mass is 9.93. The molecule has 0 atom stereocenters. The first-order valence-corrected chi connectivity index (χ1v) is 5.95. The number of nitrogens with two attached hydrogens (primary N) is 1. The number of ketones is 1. The molecule has 0 saturated heterocycles. The van der Waals surface area contributed by atoms with E-state index in [1.54, 1.807) is 19.2 Å². The van der Waals surface area contributed by atoms with Crippen LogP contribution in [-0.2, 0) is 17.9 Å². The fourth-order valence-corrected chi connectivity index (χ4v) is 1.99. The molecule has 0 unspecified atom stereocenters. The van der Waals surface area contributed by atoms with Gasteiger partial charge in [-0.25, -0.2) is 4.39 Å². The molecule has 5 heteroatoms. The molecule has 0 fully saturated rings. The average molecular weight is 261 g/mol. The summed E-state index contributed by atoms with van der Waals surface area (Å²) in [7, 11) is 1.71. The highest BCUT2D eigenvalue weighted by atomic mass is 19.1. The molecule has 4 N–H and O–H groups in total. The van der Waals surface area contributed by atoms with E-state index in [2.05, 4.69) is 17.2 Å². The number of benzene rings is 1. The van der Waals surface area contributed by atoms with Crippen molar-refractivity contribution in [1.29, 1.82) is 0 Å². The molecule has 2 rings (SSSR count). The van der Waals surface area contributed by atoms with Crippen molar-refractivity contribution >= 4 is 5.78 Å². The van der Waals surface area contributed by atoms with E-state index in [-0.39, 0.29) is 18.1 Å². The molecule has 1 aromatic rings. The molecule has 0 aliphatic heterocycles. The molecule has 0 saturated carbocycles. The van der Waals surface area contributed by atoms with Gasteiger partial charge in [0.2, 0.25) is 5.78 Å². The molecule has 0 radical (unpaired) electrons. The van der Waals surface area contributed by atoms with Gasteiger partial charge < -0.3 is 16.4 Å². The van der Waals surface area contributed by atoms with E-state index in [1.807, 2.05) is 0 Å². The van der Waals surface area contributed by atoms with E-state index in [1.165, 1.54) is 6.07 Å². The Kier molecular flexibility index (Phi) is 3.66. The van der Waals surface area contributed by atoms with Gasteiger partial charge in [0.25, 0.3) is 0 Å². The molecular weight excluding hydrogens is 245 g/mol. The Hall–Kier alpha value is -2.14. The second-order valence-electron chi connectivity index (χ2n) is 4.29. The van der Waals surface area contributed by atoms with Crippen LogP contribution in [-0.4, -0.2) is 12.8 Å². The summed E-state index contributed by atoms with van der Waals surface area (Å²) in [5.74, 6) is -0.457. The van der Waals surface area contributed by atoms with Crippen LogP contribution in [0.4, 0.5) is 4.39 Å². The normalized spacial score (nSPS) is 14.5. The van der Waals surface area contributed by atoms with Gasteiger partial charge in [-0.1, -0.05) is 12.6 Å². The van der Waals surface area contributed by atoms with Gasteiger partial charge in [-0.3, -0.25) is 4.79 Å². The Morgan fingerprint density at radius 1 is 1.37 bits per heavy atom. The largest absolute Gasteiger partial charge is 0.386 e. The van der Waals surface area contributed by atoms with Crippen LogP contribution in [0.1, 0.15) is 11.1 Å². The van der Waals surface area contributed by atoms with E-state index < -0.39 is 0 Å². The van der Waals surface area contributed by atoms with Crippen LogP contribution in [0.3, 0.4) is 0 Å². The number of halogens is 1. The Morgan fingerprint density at radius 2 is 2.11 bits per heavy atom. The third kappa shape index (κ3) is 2.37. The molecule has 0 aromatic heterocycles. The van der Waals surface area contributed by atoms with Crippen molar-refractivity contribution in [2.75, 3.05) is 7.05 Å². The molecular formula is C14H16FN3O. The first-order valence-electron chi connectivity index (χ1n) is 5.95. The predicted molar refractivity (Wildman–Crippen MR) is 71.4 cm³/mol. The third-order valence-corrected chi connectivity index (χ3v) is 3.10. The zero-order chi connectivity index (χ0) is 14.0. The molecule has 0 amide bonds. The van der Waals surface area contributed by atoms with Crippen molar-refractivity contribution in [3.8, 4) is 0 Å². The average Bonchev–Trinajstić information content (AvgIpc) is 2.43. The standard InChI is InChI=1S/C14H16FN3O/c1-8-12(17-2)13(14(8)19)18-7-10-5-9(6-16)3-4-11(10)15/h3-5,17-18H,1,6-7,16H2,2H3. The quantitative estimate of drug-likeness (QED) is 0.690. The minimum atomic E-state index is -0.318. The second kappa shape index (κ2) is 5.24. The first-order chi connectivity index (χ1) is 9.08. The number of allylic oxidation sites excluding steroid dienone is 2. The molecule has 100 valence electrons. The Balaban J connectivity index is 2.13. The summed E-state index contributed by atoms with van der Waals surface area (Å²) in [6.07, 6.45) is 0. The SMILES string of the molecule is C=C1C(=O)C(NCc2cc(CN)ccc2F)=C1NC. The topological polar surface area (TPSA) is 67.2 Å². The van der Waals surface area contributed by atoms with E-state index in [0.29, 0.717) is 29.1 Å². The fraction of sp³-hybridized carbons (Fsp3) is 0.214. The van der Waals surface area contributed by atoms with E-state index in [0.717, 1.165) is 5.56 Å². The molecule has 1 aliphatic rings. The van der Waals surface area contributed by atoms with E-state index in [9.17, 15) is 9.18 Å². The van der Waals surface area contributed by atoms with Crippen molar-refractivity contribution in [2.24, 2.45) is 5.73 Å². The van der Waals surface area contributed by atoms with E-state index >= 15 is 0 Å². The summed E-state index contributed by atoms with van der Waals surface area (Å²) in [6, 6.07) is 4.72. The van der Waals surface area contributed by atoms with E-state index in [4.69, 9.17) is 5.73 Å². The Morgan fingerprint density at radius 3 is 2.74 bits per heavy atom. The van der Waals surface area contributed by atoms with Crippen molar-refractivity contribution in [3.63, 3.8) is 0 Å². The predicted octanol–water partition coefficient (Wildman–Crippen LogP) is 0.944. The fourth-order valence-electron chi connectivity index (χ4n) is 1.99. The summed E-state index contributed by atoms with van der Waals surface area (Å²) >= 11 is 0. The highest BCUT2D eigenvalue weighted by molar-refractivity contribution is 6.18. The number of rotatable bonds is 5. The van der Waals surface area contributed by atoms with Crippen LogP contribution >= 0.6 is 0 Å². The van der Waals surface area contributed by atoms with Gasteiger partial charge in [-0.05, 0) is 17.7 Å². The number of likely N-dealkylation sites (N-methyl/N-ethyl adjacent to an activating group) is 1. The lowest BCUT2D eigenvalue weighted by Gasteiger charge is -2.25. The van der Waals surface area contributed by atoms with Crippen molar-refractivity contribution in [3.05, 3.63) is 58.7 Å². The van der Waals surface area contributed by atoms with Crippen LogP contribution in [0.5, 0.6) is 0 Å². The van der Waals surface area contributed by atoms with Gasteiger partial charge in [0.05, 0.1) is 5.70 Å². The maximum atomic E-state index is 13.6. The minimum Gasteiger partial charge on any atom is -0.386 e. The number of Topliss-reactive ketones (excluding diaryl/α,β-unsaturated/α-hetero) is 1. The molecule has 1 aromatic carbocycles. The van der Waals surface area contributed by atoms with Crippen molar-refractivity contribution in [1.82, 2.24) is 10.6 Å². The zero-order valence-electron chi connectivity index (χ0n) is 10.7. The van der Waals surface area contributed by atoms with Gasteiger partial charge in [-0.15, -0.1) is 0 Å². The van der Waals surface area contributed by atoms with Gasteiger partial charge >= 0.3 is 0 Å². The monoisotopic (exact) mass is 261 g/mol. The Bertz CT molecular complexity index is 578. The lowest BCUT2D eigenvalue weighted by molar-refractivity contribution is -0.113. The number of hydrogen-bond donors (Lipinski definition) is 3. The van der Waals surface area contributed by atoms with Crippen LogP contribution in [0.25, 0.3) is 0 Å². The highest BCUT2D eigenvalue weighted by Crippen LogP contribution is 2.24. The Labute approximate surface area is 111 Å². The van der Waals surface area contributed by atoms with Gasteiger partial charge in [-0.2, -0.15) is 0 Å². The zero-order valence-corrected chi connectivity index (χ0v) is 10.7. The maximum absolute atomic E-state index is 13.6. The first kappa shape index (κ1) is 13.3. The summed E-state index contributed by atoms with van der Waals surface area (Å²) in [5, 5.41) is 5.82. The minimum absolute atomic E-state index is 0.139. The van der Waals surface area contributed by atoms with Crippen LogP contribution in [0, 0.1) is 5.82 Å². The van der Waals surface area contributed by atoms with Crippen LogP contribution in [0.15, 0.2) is 41.7 Å². The summed E-state index contributed by atoms with van der Waals surface area (Å²) in [6.45, 7) is 4.23. The second-order valence-corrected chi connectivity index (χ2v) is 4.29. The third-order valence-electron chi connectivity index (χ3n) is 3.10. The number of carbonyl (C=O) groups excluding carboxylic acids is 1. The van der Waals surface area contributed by atoms with Crippen LogP contribution in [0.2, 0.25) is 0 Å². The van der Waals surface area contributed by atoms with Crippen LogP contribution < -0.4 is 16.4 Å². The number of carbonyl (C=O) groups is 1. The summed E-state index contributed by atoms with van der Waals surface area (Å²) in [4.78, 5) is 11.6. The van der Waals surface area contributed by atoms with Crippen molar-refractivity contribution < 1.29 is 9.18 Å². The molecule has 19 heavy (non-hydrogen) atoms. The molecule has 0 heterocycles. The summed E-state index contributed by atoms with van der Waals surface area (Å²) in [5.41, 5.74) is 8.43. The molecule has 1 aliphatic carbocycles. The summed E-state index contributed by atoms with van der Waals surface area (Å²) < 4.78 is 13.6. The smallest absolute Gasteiger partial charge is 0.212 e. The maximum Gasteiger partial charge on any atom is 0.212 e. The molecule has 0 spiro atoms. The number of nitrogens with one attached hydrogen (secondary N) is 2. The number of hydrogen-bond acceptors (Lipinski definition) is 4. The highest BCUT2D eigenvalue weighted by Gasteiger charge is 2.31.